The Labute approximate surface area is 142 Å². The Kier molecular flexibility index (Phi) is 4.74. The van der Waals surface area contributed by atoms with Gasteiger partial charge in [0, 0.05) is 48.7 Å². The summed E-state index contributed by atoms with van der Waals surface area (Å²) in [5, 5.41) is 4.73. The largest absolute Gasteiger partial charge is 0.348 e. The number of rotatable bonds is 6. The van der Waals surface area contributed by atoms with Gasteiger partial charge in [0.15, 0.2) is 11.6 Å². The molecule has 3 rings (SSSR count). The molecule has 0 aromatic carbocycles. The van der Waals surface area contributed by atoms with E-state index in [2.05, 4.69) is 41.8 Å². The van der Waals surface area contributed by atoms with Crippen molar-refractivity contribution in [1.29, 1.82) is 0 Å². The highest BCUT2D eigenvalue weighted by atomic mass is 15.3. The maximum absolute atomic E-state index is 4.80. The molecule has 0 saturated carbocycles. The fourth-order valence-electron chi connectivity index (χ4n) is 2.77. The minimum Gasteiger partial charge on any atom is -0.348 e. The van der Waals surface area contributed by atoms with E-state index in [4.69, 9.17) is 10.1 Å². The van der Waals surface area contributed by atoms with Crippen molar-refractivity contribution in [3.05, 3.63) is 47.6 Å². The Morgan fingerprint density at radius 3 is 2.71 bits per heavy atom. The topological polar surface area (TPSA) is 72.3 Å². The second-order valence-electron chi connectivity index (χ2n) is 6.64. The van der Waals surface area contributed by atoms with Crippen LogP contribution in [-0.2, 0) is 19.4 Å². The average molecular weight is 324 g/mol. The fourth-order valence-corrected chi connectivity index (χ4v) is 2.77. The Balaban J connectivity index is 1.94. The van der Waals surface area contributed by atoms with Gasteiger partial charge in [0.25, 0.3) is 0 Å². The van der Waals surface area contributed by atoms with Crippen LogP contribution >= 0.6 is 0 Å². The first kappa shape index (κ1) is 16.4. The highest BCUT2D eigenvalue weighted by Gasteiger charge is 2.15. The van der Waals surface area contributed by atoms with Gasteiger partial charge in [-0.1, -0.05) is 13.8 Å². The van der Waals surface area contributed by atoms with E-state index in [1.807, 2.05) is 24.0 Å². The summed E-state index contributed by atoms with van der Waals surface area (Å²) in [6, 6.07) is 2.09. The summed E-state index contributed by atoms with van der Waals surface area (Å²) >= 11 is 0. The molecule has 3 heterocycles. The van der Waals surface area contributed by atoms with Gasteiger partial charge in [-0.25, -0.2) is 14.6 Å². The summed E-state index contributed by atoms with van der Waals surface area (Å²) in [7, 11) is 0. The van der Waals surface area contributed by atoms with Gasteiger partial charge >= 0.3 is 0 Å². The van der Waals surface area contributed by atoms with E-state index in [-0.39, 0.29) is 0 Å². The van der Waals surface area contributed by atoms with Gasteiger partial charge in [-0.15, -0.1) is 0 Å². The average Bonchev–Trinajstić information content (AvgIpc) is 3.14. The van der Waals surface area contributed by atoms with E-state index in [9.17, 15) is 0 Å². The van der Waals surface area contributed by atoms with Gasteiger partial charge in [-0.05, 0) is 31.4 Å². The van der Waals surface area contributed by atoms with Crippen LogP contribution in [0.2, 0.25) is 0 Å². The van der Waals surface area contributed by atoms with Gasteiger partial charge in [0.2, 0.25) is 0 Å². The molecule has 3 aromatic heterocycles. The monoisotopic (exact) mass is 324 g/mol. The Morgan fingerprint density at radius 2 is 2.04 bits per heavy atom. The van der Waals surface area contributed by atoms with Crippen LogP contribution in [0, 0.1) is 19.8 Å². The van der Waals surface area contributed by atoms with Gasteiger partial charge in [-0.3, -0.25) is 4.98 Å². The molecule has 6 heteroatoms. The minimum absolute atomic E-state index is 0.526. The Hall–Kier alpha value is -2.50. The zero-order chi connectivity index (χ0) is 17.1. The molecule has 0 aliphatic heterocycles. The number of imidazole rings is 1. The molecule has 1 N–H and O–H groups in total. The molecule has 0 aliphatic rings. The van der Waals surface area contributed by atoms with E-state index in [0.29, 0.717) is 5.92 Å². The molecule has 0 fully saturated rings. The zero-order valence-electron chi connectivity index (χ0n) is 14.7. The molecule has 0 bridgehead atoms. The van der Waals surface area contributed by atoms with Crippen molar-refractivity contribution < 1.29 is 0 Å². The summed E-state index contributed by atoms with van der Waals surface area (Å²) in [6.07, 6.45) is 7.18. The van der Waals surface area contributed by atoms with Gasteiger partial charge < -0.3 is 4.98 Å². The second-order valence-corrected chi connectivity index (χ2v) is 6.64. The standard InChI is InChI=1S/C18H24N6/c1-12(2)7-17-22-18(16-10-20-14(4)8-13(16)3)24(23-17)6-5-15-9-19-11-21-15/h8-12H,5-7H2,1-4H3,(H,19,21). The normalized spacial score (nSPS) is 11.4. The smallest absolute Gasteiger partial charge is 0.160 e. The molecule has 24 heavy (non-hydrogen) atoms. The first-order chi connectivity index (χ1) is 11.5. The van der Waals surface area contributed by atoms with Crippen LogP contribution in [0.1, 0.15) is 36.6 Å². The van der Waals surface area contributed by atoms with Crippen molar-refractivity contribution in [3.8, 4) is 11.4 Å². The number of nitrogens with zero attached hydrogens (tertiary/aromatic N) is 5. The number of pyridine rings is 1. The van der Waals surface area contributed by atoms with Gasteiger partial charge in [-0.2, -0.15) is 5.10 Å². The Morgan fingerprint density at radius 1 is 1.21 bits per heavy atom. The molecule has 0 radical (unpaired) electrons. The maximum atomic E-state index is 4.80. The van der Waals surface area contributed by atoms with Crippen LogP contribution in [0.3, 0.4) is 0 Å². The molecule has 0 amide bonds. The number of aryl methyl sites for hydroxylation is 4. The van der Waals surface area contributed by atoms with Crippen LogP contribution < -0.4 is 0 Å². The zero-order valence-corrected chi connectivity index (χ0v) is 14.7. The molecule has 0 saturated heterocycles. The molecule has 0 spiro atoms. The first-order valence-electron chi connectivity index (χ1n) is 8.37. The molecular weight excluding hydrogens is 300 g/mol. The summed E-state index contributed by atoms with van der Waals surface area (Å²) < 4.78 is 2.00. The molecular formula is C18H24N6. The van der Waals surface area contributed by atoms with Crippen molar-refractivity contribution in [2.45, 2.75) is 47.1 Å². The third kappa shape index (κ3) is 3.69. The van der Waals surface area contributed by atoms with Crippen LogP contribution in [0.25, 0.3) is 11.4 Å². The lowest BCUT2D eigenvalue weighted by atomic mass is 10.1. The summed E-state index contributed by atoms with van der Waals surface area (Å²) in [5.74, 6) is 2.32. The van der Waals surface area contributed by atoms with Crippen molar-refractivity contribution in [2.24, 2.45) is 5.92 Å². The fraction of sp³-hybridized carbons (Fsp3) is 0.444. The Bertz CT molecular complexity index is 801. The summed E-state index contributed by atoms with van der Waals surface area (Å²) in [5.41, 5.74) is 4.34. The van der Waals surface area contributed by atoms with Gasteiger partial charge in [0.05, 0.1) is 6.33 Å². The molecule has 0 unspecified atom stereocenters. The number of nitrogens with one attached hydrogen (secondary N) is 1. The molecule has 6 nitrogen and oxygen atoms in total. The maximum Gasteiger partial charge on any atom is 0.160 e. The lowest BCUT2D eigenvalue weighted by molar-refractivity contribution is 0.579. The number of aromatic nitrogens is 6. The number of hydrogen-bond donors (Lipinski definition) is 1. The van der Waals surface area contributed by atoms with E-state index in [0.717, 1.165) is 48.0 Å². The molecule has 3 aromatic rings. The van der Waals surface area contributed by atoms with E-state index < -0.39 is 0 Å². The van der Waals surface area contributed by atoms with E-state index in [1.165, 1.54) is 5.56 Å². The van der Waals surface area contributed by atoms with Crippen molar-refractivity contribution in [3.63, 3.8) is 0 Å². The third-order valence-corrected chi connectivity index (χ3v) is 3.94. The second kappa shape index (κ2) is 6.95. The van der Waals surface area contributed by atoms with Crippen LogP contribution in [-0.4, -0.2) is 29.7 Å². The molecule has 126 valence electrons. The quantitative estimate of drug-likeness (QED) is 0.756. The lowest BCUT2D eigenvalue weighted by Gasteiger charge is -2.08. The highest BCUT2D eigenvalue weighted by molar-refractivity contribution is 5.59. The lowest BCUT2D eigenvalue weighted by Crippen LogP contribution is -2.07. The number of hydrogen-bond acceptors (Lipinski definition) is 4. The number of H-pyrrole nitrogens is 1. The first-order valence-corrected chi connectivity index (χ1v) is 8.37. The predicted octanol–water partition coefficient (Wildman–Crippen LogP) is 3.12. The summed E-state index contributed by atoms with van der Waals surface area (Å²) in [6.45, 7) is 9.23. The van der Waals surface area contributed by atoms with E-state index >= 15 is 0 Å². The van der Waals surface area contributed by atoms with Gasteiger partial charge in [0.1, 0.15) is 0 Å². The molecule has 0 atom stereocenters. The molecule has 0 aliphatic carbocycles. The summed E-state index contributed by atoms with van der Waals surface area (Å²) in [4.78, 5) is 16.4. The van der Waals surface area contributed by atoms with Crippen molar-refractivity contribution >= 4 is 0 Å². The van der Waals surface area contributed by atoms with Crippen LogP contribution in [0.5, 0.6) is 0 Å². The highest BCUT2D eigenvalue weighted by Crippen LogP contribution is 2.22. The third-order valence-electron chi connectivity index (χ3n) is 3.94. The van der Waals surface area contributed by atoms with Crippen molar-refractivity contribution in [1.82, 2.24) is 29.7 Å². The SMILES string of the molecule is Cc1cc(C)c(-c2nc(CC(C)C)nn2CCc2cnc[nH]2)cn1. The minimum atomic E-state index is 0.526. The van der Waals surface area contributed by atoms with Crippen molar-refractivity contribution in [2.75, 3.05) is 0 Å². The predicted molar refractivity (Wildman–Crippen MR) is 93.6 cm³/mol. The van der Waals surface area contributed by atoms with E-state index in [1.54, 1.807) is 6.33 Å². The number of aromatic amines is 1. The van der Waals surface area contributed by atoms with Crippen LogP contribution in [0.15, 0.2) is 24.8 Å². The van der Waals surface area contributed by atoms with Crippen LogP contribution in [0.4, 0.5) is 0 Å².